The Bertz CT molecular complexity index is 1290. The highest BCUT2D eigenvalue weighted by molar-refractivity contribution is 5.84. The minimum atomic E-state index is -0.882. The molecule has 8 heteroatoms. The molecule has 4 rings (SSSR count). The lowest BCUT2D eigenvalue weighted by Gasteiger charge is -2.11. The summed E-state index contributed by atoms with van der Waals surface area (Å²) in [5.74, 6) is -0.0493. The zero-order valence-electron chi connectivity index (χ0n) is 19.2. The highest BCUT2D eigenvalue weighted by Gasteiger charge is 2.15. The largest absolute Gasteiger partial charge is 0.494 e. The molecule has 0 aliphatic carbocycles. The van der Waals surface area contributed by atoms with Crippen LogP contribution < -0.4 is 10.1 Å². The number of halogens is 1. The van der Waals surface area contributed by atoms with Crippen molar-refractivity contribution < 1.29 is 19.0 Å². The van der Waals surface area contributed by atoms with Crippen LogP contribution in [0.2, 0.25) is 0 Å². The topological polar surface area (TPSA) is 89.3 Å². The van der Waals surface area contributed by atoms with Crippen LogP contribution in [0.3, 0.4) is 0 Å². The van der Waals surface area contributed by atoms with E-state index in [-0.39, 0.29) is 5.82 Å². The third-order valence-electron chi connectivity index (χ3n) is 5.71. The van der Waals surface area contributed by atoms with Gasteiger partial charge in [0.25, 0.3) is 0 Å². The number of aryl methyl sites for hydroxylation is 1. The first-order valence-corrected chi connectivity index (χ1v) is 11.3. The molecule has 0 saturated carbocycles. The predicted octanol–water partition coefficient (Wildman–Crippen LogP) is 5.33. The van der Waals surface area contributed by atoms with Gasteiger partial charge in [-0.1, -0.05) is 31.2 Å². The zero-order valence-corrected chi connectivity index (χ0v) is 19.2. The third kappa shape index (κ3) is 5.17. The number of rotatable bonds is 10. The van der Waals surface area contributed by atoms with Crippen LogP contribution in [0.5, 0.6) is 5.75 Å². The summed E-state index contributed by atoms with van der Waals surface area (Å²) >= 11 is 0. The van der Waals surface area contributed by atoms with Crippen LogP contribution in [0.15, 0.2) is 60.9 Å². The summed E-state index contributed by atoms with van der Waals surface area (Å²) in [5.41, 5.74) is 2.89. The molecule has 7 nitrogen and oxygen atoms in total. The van der Waals surface area contributed by atoms with E-state index in [1.807, 2.05) is 48.5 Å². The van der Waals surface area contributed by atoms with Crippen molar-refractivity contribution in [1.82, 2.24) is 14.5 Å². The van der Waals surface area contributed by atoms with E-state index >= 15 is 0 Å². The van der Waals surface area contributed by atoms with Gasteiger partial charge in [-0.05, 0) is 49.6 Å². The second-order valence-electron chi connectivity index (χ2n) is 8.03. The van der Waals surface area contributed by atoms with Crippen molar-refractivity contribution in [1.29, 1.82) is 0 Å². The van der Waals surface area contributed by atoms with Crippen LogP contribution in [-0.4, -0.2) is 38.8 Å². The van der Waals surface area contributed by atoms with Crippen LogP contribution in [-0.2, 0) is 11.2 Å². The van der Waals surface area contributed by atoms with Gasteiger partial charge in [0.1, 0.15) is 11.8 Å². The number of aromatic nitrogens is 3. The van der Waals surface area contributed by atoms with Crippen LogP contribution in [0.4, 0.5) is 10.2 Å². The number of carboxylic acids is 1. The summed E-state index contributed by atoms with van der Waals surface area (Å²) in [6.07, 6.45) is 4.53. The molecular weight excluding hydrogens is 435 g/mol. The van der Waals surface area contributed by atoms with Crippen LogP contribution in [0.1, 0.15) is 31.9 Å². The summed E-state index contributed by atoms with van der Waals surface area (Å²) in [6, 6.07) is 14.7. The summed E-state index contributed by atoms with van der Waals surface area (Å²) < 4.78 is 21.7. The summed E-state index contributed by atoms with van der Waals surface area (Å²) in [4.78, 5) is 19.7. The Kier molecular flexibility index (Phi) is 7.06. The number of anilines is 1. The minimum absolute atomic E-state index is 0.167. The second kappa shape index (κ2) is 10.3. The van der Waals surface area contributed by atoms with Gasteiger partial charge in [0.2, 0.25) is 0 Å². The van der Waals surface area contributed by atoms with Crippen molar-refractivity contribution in [3.05, 3.63) is 72.3 Å². The van der Waals surface area contributed by atoms with Crippen molar-refractivity contribution in [2.75, 3.05) is 18.5 Å². The number of carboxylic acid groups (broad SMARTS) is 1. The van der Waals surface area contributed by atoms with Gasteiger partial charge >= 0.3 is 5.97 Å². The number of fused-ring (bicyclic) bond motifs is 1. The first-order valence-electron chi connectivity index (χ1n) is 11.3. The molecule has 2 heterocycles. The molecular formula is C26H27FN4O3. The molecule has 1 unspecified atom stereocenters. The van der Waals surface area contributed by atoms with Crippen LogP contribution >= 0.6 is 0 Å². The number of aliphatic carboxylic acids is 1. The number of nitrogens with one attached hydrogen (secondary N) is 1. The van der Waals surface area contributed by atoms with E-state index in [0.29, 0.717) is 31.1 Å². The second-order valence-corrected chi connectivity index (χ2v) is 8.03. The SMILES string of the molecule is CCc1ccc(-c2ncc(F)c(NCCCOc3ccc4c(ccn4C(C)C(=O)O)c3)n2)cc1. The van der Waals surface area contributed by atoms with Gasteiger partial charge in [0, 0.05) is 29.2 Å². The number of hydrogen-bond donors (Lipinski definition) is 2. The summed E-state index contributed by atoms with van der Waals surface area (Å²) in [6.45, 7) is 4.65. The average molecular weight is 463 g/mol. The maximum absolute atomic E-state index is 14.2. The van der Waals surface area contributed by atoms with Crippen molar-refractivity contribution in [2.24, 2.45) is 0 Å². The molecule has 2 aromatic carbocycles. The fraction of sp³-hybridized carbons (Fsp3) is 0.269. The van der Waals surface area contributed by atoms with Crippen LogP contribution in [0, 0.1) is 5.82 Å². The van der Waals surface area contributed by atoms with Gasteiger partial charge in [0.15, 0.2) is 17.5 Å². The molecule has 0 fully saturated rings. The minimum Gasteiger partial charge on any atom is -0.494 e. The zero-order chi connectivity index (χ0) is 24.1. The Hall–Kier alpha value is -3.94. The third-order valence-corrected chi connectivity index (χ3v) is 5.71. The summed E-state index contributed by atoms with van der Waals surface area (Å²) in [5, 5.41) is 13.2. The Labute approximate surface area is 197 Å². The van der Waals surface area contributed by atoms with Crippen molar-refractivity contribution in [3.8, 4) is 17.1 Å². The molecule has 0 radical (unpaired) electrons. The fourth-order valence-electron chi connectivity index (χ4n) is 3.68. The molecule has 1 atom stereocenters. The molecule has 0 aliphatic rings. The lowest BCUT2D eigenvalue weighted by Crippen LogP contribution is -2.14. The first-order chi connectivity index (χ1) is 16.5. The fourth-order valence-corrected chi connectivity index (χ4v) is 3.68. The Morgan fingerprint density at radius 2 is 2.00 bits per heavy atom. The molecule has 0 amide bonds. The van der Waals surface area contributed by atoms with Crippen LogP contribution in [0.25, 0.3) is 22.3 Å². The van der Waals surface area contributed by atoms with Crippen molar-refractivity contribution >= 4 is 22.7 Å². The molecule has 4 aromatic rings. The van der Waals surface area contributed by atoms with E-state index < -0.39 is 17.8 Å². The molecule has 0 saturated heterocycles. The van der Waals surface area contributed by atoms with Gasteiger partial charge in [-0.2, -0.15) is 0 Å². The van der Waals surface area contributed by atoms with E-state index in [9.17, 15) is 14.3 Å². The smallest absolute Gasteiger partial charge is 0.326 e. The quantitative estimate of drug-likeness (QED) is 0.310. The Morgan fingerprint density at radius 3 is 2.74 bits per heavy atom. The maximum atomic E-state index is 14.2. The number of ether oxygens (including phenoxy) is 1. The summed E-state index contributed by atoms with van der Waals surface area (Å²) in [7, 11) is 0. The highest BCUT2D eigenvalue weighted by atomic mass is 19.1. The molecule has 34 heavy (non-hydrogen) atoms. The van der Waals surface area contributed by atoms with E-state index in [1.165, 1.54) is 11.8 Å². The molecule has 0 aliphatic heterocycles. The number of benzene rings is 2. The lowest BCUT2D eigenvalue weighted by molar-refractivity contribution is -0.140. The molecule has 0 bridgehead atoms. The van der Waals surface area contributed by atoms with Gasteiger partial charge in [-0.15, -0.1) is 0 Å². The van der Waals surface area contributed by atoms with Crippen molar-refractivity contribution in [2.45, 2.75) is 32.7 Å². The van der Waals surface area contributed by atoms with Gasteiger partial charge in [-0.3, -0.25) is 0 Å². The maximum Gasteiger partial charge on any atom is 0.326 e. The van der Waals surface area contributed by atoms with Gasteiger partial charge < -0.3 is 19.7 Å². The Morgan fingerprint density at radius 1 is 1.21 bits per heavy atom. The normalized spacial score (nSPS) is 12.0. The van der Waals surface area contributed by atoms with E-state index in [0.717, 1.165) is 22.9 Å². The molecule has 2 aromatic heterocycles. The average Bonchev–Trinajstić information content (AvgIpc) is 3.27. The predicted molar refractivity (Wildman–Crippen MR) is 130 cm³/mol. The number of hydrogen-bond acceptors (Lipinski definition) is 5. The van der Waals surface area contributed by atoms with Gasteiger partial charge in [-0.25, -0.2) is 19.2 Å². The van der Waals surface area contributed by atoms with Crippen molar-refractivity contribution in [3.63, 3.8) is 0 Å². The lowest BCUT2D eigenvalue weighted by atomic mass is 10.1. The van der Waals surface area contributed by atoms with E-state index in [2.05, 4.69) is 22.2 Å². The highest BCUT2D eigenvalue weighted by Crippen LogP contribution is 2.25. The molecule has 176 valence electrons. The first kappa shape index (κ1) is 23.2. The Balaban J connectivity index is 1.31. The monoisotopic (exact) mass is 462 g/mol. The van der Waals surface area contributed by atoms with E-state index in [4.69, 9.17) is 4.74 Å². The molecule has 2 N–H and O–H groups in total. The number of carbonyl (C=O) groups is 1. The van der Waals surface area contributed by atoms with Gasteiger partial charge in [0.05, 0.1) is 12.8 Å². The number of nitrogens with zero attached hydrogens (tertiary/aromatic N) is 3. The molecule has 0 spiro atoms. The standard InChI is InChI=1S/C26H27FN4O3/c1-3-18-5-7-19(8-6-18)24-29-16-22(27)25(30-24)28-12-4-14-34-21-9-10-23-20(15-21)11-13-31(23)17(2)26(32)33/h5-11,13,15-17H,3-4,12,14H2,1-2H3,(H,32,33)(H,28,29,30). The van der Waals surface area contributed by atoms with E-state index in [1.54, 1.807) is 17.7 Å².